The van der Waals surface area contributed by atoms with Crippen molar-refractivity contribution in [3.63, 3.8) is 0 Å². The molecule has 1 aliphatic rings. The third kappa shape index (κ3) is 7.86. The van der Waals surface area contributed by atoms with E-state index in [-0.39, 0.29) is 18.9 Å². The Morgan fingerprint density at radius 3 is 2.21 bits per heavy atom. The number of amides is 1. The van der Waals surface area contributed by atoms with E-state index in [1.54, 1.807) is 42.5 Å². The Morgan fingerprint density at radius 1 is 0.868 bits per heavy atom. The van der Waals surface area contributed by atoms with Gasteiger partial charge in [-0.3, -0.25) is 4.79 Å². The minimum atomic E-state index is -0.551. The van der Waals surface area contributed by atoms with Gasteiger partial charge < -0.3 is 19.9 Å². The van der Waals surface area contributed by atoms with Crippen LogP contribution in [0.5, 0.6) is 0 Å². The van der Waals surface area contributed by atoms with E-state index in [1.807, 2.05) is 40.4 Å². The van der Waals surface area contributed by atoms with E-state index in [9.17, 15) is 4.79 Å². The van der Waals surface area contributed by atoms with Crippen LogP contribution in [0.15, 0.2) is 73.1 Å². The van der Waals surface area contributed by atoms with Crippen molar-refractivity contribution < 1.29 is 9.53 Å². The SMILES string of the molecule is O=C(CCN1C=CN(C(Cl)C(OCc2ccc(Cl)cc2Cl)c2ccc(Cl)cc2)C1)Nc1ccc(Cl)cc1Cl. The summed E-state index contributed by atoms with van der Waals surface area (Å²) in [6.45, 7) is 1.21. The molecule has 0 fully saturated rings. The lowest BCUT2D eigenvalue weighted by atomic mass is 10.1. The van der Waals surface area contributed by atoms with Crippen LogP contribution in [0.3, 0.4) is 0 Å². The standard InChI is InChI=1S/C27H23Cl6N3O2/c28-19-4-1-17(2-5-19)26(38-15-18-3-6-20(29)13-22(18)31)27(33)36-12-11-35(16-36)10-9-25(37)34-24-8-7-21(30)14-23(24)32/h1-8,11-14,26-27H,9-10,15-16H2,(H,34,37). The lowest BCUT2D eigenvalue weighted by Crippen LogP contribution is -2.36. The Balaban J connectivity index is 1.36. The van der Waals surface area contributed by atoms with Crippen molar-refractivity contribution in [3.05, 3.63) is 109 Å². The van der Waals surface area contributed by atoms with Gasteiger partial charge in [-0.1, -0.05) is 87.8 Å². The van der Waals surface area contributed by atoms with Gasteiger partial charge >= 0.3 is 0 Å². The van der Waals surface area contributed by atoms with Gasteiger partial charge in [0.15, 0.2) is 0 Å². The average molecular weight is 634 g/mol. The zero-order chi connectivity index (χ0) is 27.2. The first-order chi connectivity index (χ1) is 18.2. The highest BCUT2D eigenvalue weighted by molar-refractivity contribution is 6.36. The Morgan fingerprint density at radius 2 is 1.53 bits per heavy atom. The first-order valence-electron chi connectivity index (χ1n) is 11.6. The second-order valence-corrected chi connectivity index (χ2v) is 11.2. The fourth-order valence-corrected chi connectivity index (χ4v) is 5.21. The summed E-state index contributed by atoms with van der Waals surface area (Å²) in [5.74, 6) is -0.161. The van der Waals surface area contributed by atoms with E-state index in [4.69, 9.17) is 74.3 Å². The van der Waals surface area contributed by atoms with E-state index >= 15 is 0 Å². The first-order valence-corrected chi connectivity index (χ1v) is 13.9. The van der Waals surface area contributed by atoms with Crippen LogP contribution in [0, 0.1) is 0 Å². The molecular weight excluding hydrogens is 611 g/mol. The monoisotopic (exact) mass is 631 g/mol. The molecule has 3 aromatic carbocycles. The number of alkyl halides is 1. The number of rotatable bonds is 10. The highest BCUT2D eigenvalue weighted by Crippen LogP contribution is 2.33. The van der Waals surface area contributed by atoms with Crippen LogP contribution in [0.2, 0.25) is 25.1 Å². The van der Waals surface area contributed by atoms with Crippen molar-refractivity contribution >= 4 is 81.2 Å². The summed E-state index contributed by atoms with van der Waals surface area (Å²) in [7, 11) is 0. The maximum Gasteiger partial charge on any atom is 0.226 e. The number of nitrogens with zero attached hydrogens (tertiary/aromatic N) is 2. The van der Waals surface area contributed by atoms with Crippen molar-refractivity contribution in [2.24, 2.45) is 0 Å². The number of ether oxygens (including phenoxy) is 1. The van der Waals surface area contributed by atoms with Crippen LogP contribution in [0.4, 0.5) is 5.69 Å². The molecule has 2 atom stereocenters. The zero-order valence-electron chi connectivity index (χ0n) is 19.9. The minimum Gasteiger partial charge on any atom is -0.365 e. The number of hydrogen-bond acceptors (Lipinski definition) is 4. The molecule has 0 radical (unpaired) electrons. The largest absolute Gasteiger partial charge is 0.365 e. The lowest BCUT2D eigenvalue weighted by Gasteiger charge is -2.31. The highest BCUT2D eigenvalue weighted by atomic mass is 35.5. The number of benzene rings is 3. The molecule has 1 heterocycles. The van der Waals surface area contributed by atoms with Gasteiger partial charge in [0.1, 0.15) is 11.6 Å². The molecule has 11 heteroatoms. The van der Waals surface area contributed by atoms with Crippen molar-refractivity contribution in [2.75, 3.05) is 18.5 Å². The summed E-state index contributed by atoms with van der Waals surface area (Å²) >= 11 is 37.5. The van der Waals surface area contributed by atoms with Crippen LogP contribution in [-0.2, 0) is 16.1 Å². The van der Waals surface area contributed by atoms with Crippen LogP contribution < -0.4 is 5.32 Å². The van der Waals surface area contributed by atoms with E-state index in [0.717, 1.165) is 11.1 Å². The zero-order valence-corrected chi connectivity index (χ0v) is 24.4. The second kappa shape index (κ2) is 13.5. The van der Waals surface area contributed by atoms with E-state index in [2.05, 4.69) is 5.32 Å². The molecule has 200 valence electrons. The van der Waals surface area contributed by atoms with Crippen molar-refractivity contribution in [1.29, 1.82) is 0 Å². The molecule has 0 saturated heterocycles. The van der Waals surface area contributed by atoms with Crippen LogP contribution >= 0.6 is 69.6 Å². The molecule has 2 unspecified atom stereocenters. The molecule has 5 nitrogen and oxygen atoms in total. The Bertz CT molecular complexity index is 1300. The quantitative estimate of drug-likeness (QED) is 0.179. The highest BCUT2D eigenvalue weighted by Gasteiger charge is 2.29. The van der Waals surface area contributed by atoms with Gasteiger partial charge in [-0.2, -0.15) is 0 Å². The maximum atomic E-state index is 12.5. The summed E-state index contributed by atoms with van der Waals surface area (Å²) in [6, 6.07) is 17.6. The number of carbonyl (C=O) groups is 1. The van der Waals surface area contributed by atoms with E-state index in [1.165, 1.54) is 0 Å². The first kappa shape index (κ1) is 29.2. The van der Waals surface area contributed by atoms with Gasteiger partial charge in [-0.05, 0) is 53.6 Å². The predicted octanol–water partition coefficient (Wildman–Crippen LogP) is 8.85. The molecule has 0 aromatic heterocycles. The number of carbonyl (C=O) groups excluding carboxylic acids is 1. The van der Waals surface area contributed by atoms with Crippen LogP contribution in [0.25, 0.3) is 0 Å². The van der Waals surface area contributed by atoms with Crippen molar-refractivity contribution in [3.8, 4) is 0 Å². The molecule has 0 spiro atoms. The number of hydrogen-bond donors (Lipinski definition) is 1. The van der Waals surface area contributed by atoms with Gasteiger partial charge in [0.2, 0.25) is 5.91 Å². The Labute approximate surface area is 251 Å². The minimum absolute atomic E-state index is 0.161. The predicted molar refractivity (Wildman–Crippen MR) is 157 cm³/mol. The van der Waals surface area contributed by atoms with Crippen LogP contribution in [-0.4, -0.2) is 34.4 Å². The average Bonchev–Trinajstić information content (AvgIpc) is 3.36. The summed E-state index contributed by atoms with van der Waals surface area (Å²) in [6.07, 6.45) is 3.54. The molecule has 38 heavy (non-hydrogen) atoms. The third-order valence-electron chi connectivity index (χ3n) is 5.84. The van der Waals surface area contributed by atoms with Crippen molar-refractivity contribution in [2.45, 2.75) is 24.6 Å². The van der Waals surface area contributed by atoms with Gasteiger partial charge in [-0.15, -0.1) is 0 Å². The van der Waals surface area contributed by atoms with E-state index < -0.39 is 11.6 Å². The summed E-state index contributed by atoms with van der Waals surface area (Å²) in [5, 5.41) is 5.38. The topological polar surface area (TPSA) is 44.8 Å². The maximum absolute atomic E-state index is 12.5. The van der Waals surface area contributed by atoms with Gasteiger partial charge in [0.25, 0.3) is 0 Å². The van der Waals surface area contributed by atoms with E-state index in [0.29, 0.717) is 44.0 Å². The number of halogens is 6. The van der Waals surface area contributed by atoms with Crippen LogP contribution in [0.1, 0.15) is 23.7 Å². The molecular formula is C27H23Cl6N3O2. The smallest absolute Gasteiger partial charge is 0.226 e. The molecule has 1 amide bonds. The lowest BCUT2D eigenvalue weighted by molar-refractivity contribution is -0.116. The normalized spacial score (nSPS) is 14.6. The van der Waals surface area contributed by atoms with Crippen molar-refractivity contribution in [1.82, 2.24) is 9.80 Å². The fraction of sp³-hybridized carbons (Fsp3) is 0.222. The summed E-state index contributed by atoms with van der Waals surface area (Å²) in [5.41, 5.74) is 1.63. The molecule has 1 aliphatic heterocycles. The summed E-state index contributed by atoms with van der Waals surface area (Å²) < 4.78 is 6.29. The molecule has 0 saturated carbocycles. The number of nitrogens with one attached hydrogen (secondary N) is 1. The summed E-state index contributed by atoms with van der Waals surface area (Å²) in [4.78, 5) is 16.4. The fourth-order valence-electron chi connectivity index (χ4n) is 3.82. The van der Waals surface area contributed by atoms with Gasteiger partial charge in [0.05, 0.1) is 24.0 Å². The van der Waals surface area contributed by atoms with Gasteiger partial charge in [-0.25, -0.2) is 0 Å². The second-order valence-electron chi connectivity index (χ2n) is 8.58. The molecule has 0 aliphatic carbocycles. The molecule has 0 bridgehead atoms. The molecule has 4 rings (SSSR count). The third-order valence-corrected chi connectivity index (χ3v) is 7.71. The molecule has 1 N–H and O–H groups in total. The molecule has 3 aromatic rings. The van der Waals surface area contributed by atoms with Gasteiger partial charge in [0, 0.05) is 45.5 Å². The number of anilines is 1. The Kier molecular flexibility index (Phi) is 10.4. The Hall–Kier alpha value is -1.83.